The highest BCUT2D eigenvalue weighted by Gasteiger charge is 2.49. The first-order chi connectivity index (χ1) is 17.8. The van der Waals surface area contributed by atoms with Crippen LogP contribution in [0.1, 0.15) is 53.7 Å². The predicted octanol–water partition coefficient (Wildman–Crippen LogP) is 2.45. The molecule has 1 aliphatic heterocycles. The number of rotatable bonds is 13. The second-order valence-corrected chi connectivity index (χ2v) is 10.3. The lowest BCUT2D eigenvalue weighted by Gasteiger charge is -2.31. The Balaban J connectivity index is 2.11. The summed E-state index contributed by atoms with van der Waals surface area (Å²) in [6.07, 6.45) is -3.79. The first-order valence-corrected chi connectivity index (χ1v) is 13.2. The van der Waals surface area contributed by atoms with Gasteiger partial charge in [0.25, 0.3) is 0 Å². The Morgan fingerprint density at radius 2 is 1.71 bits per heavy atom. The number of nitrogens with two attached hydrogens (primary N) is 1. The van der Waals surface area contributed by atoms with Gasteiger partial charge in [-0.05, 0) is 40.2 Å². The lowest BCUT2D eigenvalue weighted by molar-refractivity contribution is -0.132. The van der Waals surface area contributed by atoms with Gasteiger partial charge in [-0.1, -0.05) is 6.92 Å². The number of anilines is 1. The van der Waals surface area contributed by atoms with Crippen LogP contribution >= 0.6 is 7.82 Å². The Morgan fingerprint density at radius 3 is 2.18 bits per heavy atom. The van der Waals surface area contributed by atoms with Crippen molar-refractivity contribution in [3.8, 4) is 0 Å². The SMILES string of the molecule is CC[C@]1(COP(=O)(OCOC(=O)OC(C)C)OCOC(=O)OC(C)C)O[C@@H](n2ccc(N)nc2=O)C[C@@H]1O. The Labute approximate surface area is 218 Å². The standard InChI is InChI=1S/C21H34N3O13P/c1-6-21(15(25)9-17(37-21)24-8-7-16(22)23-18(24)26)10-32-38(29,33-11-30-19(27)35-13(2)3)34-12-31-20(28)36-14(4)5/h7-8,13-15,17,25H,6,9-12H2,1-5H3,(H2,22,23,26)/t15-,17+,21+/m0/s1. The third-order valence-electron chi connectivity index (χ3n) is 5.07. The van der Waals surface area contributed by atoms with Crippen LogP contribution in [0.25, 0.3) is 0 Å². The van der Waals surface area contributed by atoms with Crippen molar-refractivity contribution in [3.63, 3.8) is 0 Å². The zero-order valence-electron chi connectivity index (χ0n) is 21.8. The summed E-state index contributed by atoms with van der Waals surface area (Å²) in [5.74, 6) is 0.0177. The molecule has 1 aromatic heterocycles. The van der Waals surface area contributed by atoms with Crippen LogP contribution in [0.4, 0.5) is 15.4 Å². The number of hydrogen-bond acceptors (Lipinski definition) is 15. The first-order valence-electron chi connectivity index (χ1n) is 11.7. The number of phosphoric ester groups is 1. The molecule has 0 unspecified atom stereocenters. The van der Waals surface area contributed by atoms with Crippen LogP contribution in [0.3, 0.4) is 0 Å². The second-order valence-electron chi connectivity index (χ2n) is 8.62. The summed E-state index contributed by atoms with van der Waals surface area (Å²) in [7, 11) is -4.60. The van der Waals surface area contributed by atoms with Gasteiger partial charge in [0.2, 0.25) is 13.6 Å². The third-order valence-corrected chi connectivity index (χ3v) is 6.36. The molecule has 0 amide bonds. The van der Waals surface area contributed by atoms with Crippen LogP contribution in [0.15, 0.2) is 17.1 Å². The molecule has 1 saturated heterocycles. The quantitative estimate of drug-likeness (QED) is 0.199. The number of carbonyl (C=O) groups is 2. The van der Waals surface area contributed by atoms with E-state index < -0.39 is 76.2 Å². The van der Waals surface area contributed by atoms with E-state index in [2.05, 4.69) is 14.5 Å². The Hall–Kier alpha value is -2.75. The summed E-state index contributed by atoms with van der Waals surface area (Å²) in [6, 6.07) is 1.39. The highest BCUT2D eigenvalue weighted by molar-refractivity contribution is 7.48. The molecular weight excluding hydrogens is 533 g/mol. The molecule has 0 radical (unpaired) electrons. The molecule has 216 valence electrons. The highest BCUT2D eigenvalue weighted by atomic mass is 31.2. The zero-order valence-corrected chi connectivity index (χ0v) is 22.7. The van der Waals surface area contributed by atoms with Gasteiger partial charge < -0.3 is 34.5 Å². The molecule has 2 heterocycles. The van der Waals surface area contributed by atoms with E-state index in [9.17, 15) is 24.1 Å². The summed E-state index contributed by atoms with van der Waals surface area (Å²) in [5, 5.41) is 10.8. The van der Waals surface area contributed by atoms with Crippen LogP contribution in [-0.4, -0.2) is 71.1 Å². The lowest BCUT2D eigenvalue weighted by Crippen LogP contribution is -2.43. The van der Waals surface area contributed by atoms with E-state index in [4.69, 9.17) is 33.5 Å². The van der Waals surface area contributed by atoms with Crippen LogP contribution < -0.4 is 11.4 Å². The van der Waals surface area contributed by atoms with Crippen molar-refractivity contribution in [2.24, 2.45) is 0 Å². The van der Waals surface area contributed by atoms with E-state index in [0.29, 0.717) is 0 Å². The number of carbonyl (C=O) groups excluding carboxylic acids is 2. The maximum atomic E-state index is 13.2. The van der Waals surface area contributed by atoms with Gasteiger partial charge in [0.1, 0.15) is 17.6 Å². The third kappa shape index (κ3) is 9.22. The van der Waals surface area contributed by atoms with Crippen molar-refractivity contribution in [2.75, 3.05) is 25.9 Å². The van der Waals surface area contributed by atoms with Crippen molar-refractivity contribution in [2.45, 2.75) is 77.6 Å². The summed E-state index contributed by atoms with van der Waals surface area (Å²) in [4.78, 5) is 39.1. The number of nitrogen functional groups attached to an aromatic ring is 1. The van der Waals surface area contributed by atoms with Crippen LogP contribution in [0, 0.1) is 0 Å². The molecule has 38 heavy (non-hydrogen) atoms. The molecular formula is C21H34N3O13P. The number of aromatic nitrogens is 2. The zero-order chi connectivity index (χ0) is 28.5. The van der Waals surface area contributed by atoms with E-state index in [-0.39, 0.29) is 18.7 Å². The van der Waals surface area contributed by atoms with Gasteiger partial charge in [-0.25, -0.2) is 28.0 Å². The first kappa shape index (κ1) is 31.5. The molecule has 0 bridgehead atoms. The maximum absolute atomic E-state index is 13.2. The van der Waals surface area contributed by atoms with Gasteiger partial charge in [0.05, 0.1) is 24.9 Å². The summed E-state index contributed by atoms with van der Waals surface area (Å²) in [5.41, 5.74) is 3.37. The fraction of sp³-hybridized carbons (Fsp3) is 0.714. The van der Waals surface area contributed by atoms with E-state index in [0.717, 1.165) is 4.57 Å². The summed E-state index contributed by atoms with van der Waals surface area (Å²) < 4.78 is 54.7. The van der Waals surface area contributed by atoms with Gasteiger partial charge in [-0.2, -0.15) is 4.98 Å². The van der Waals surface area contributed by atoms with Crippen molar-refractivity contribution in [3.05, 3.63) is 22.7 Å². The smallest absolute Gasteiger partial charge is 0.432 e. The van der Waals surface area contributed by atoms with Gasteiger partial charge in [0, 0.05) is 12.6 Å². The number of ether oxygens (including phenoxy) is 5. The van der Waals surface area contributed by atoms with Gasteiger partial charge in [-0.15, -0.1) is 0 Å². The topological polar surface area (TPSA) is 206 Å². The number of phosphoric acid groups is 1. The van der Waals surface area contributed by atoms with Crippen LogP contribution in [0.5, 0.6) is 0 Å². The predicted molar refractivity (Wildman–Crippen MR) is 128 cm³/mol. The van der Waals surface area contributed by atoms with Crippen molar-refractivity contribution in [1.82, 2.24) is 9.55 Å². The monoisotopic (exact) mass is 567 g/mol. The number of aliphatic hydroxyl groups excluding tert-OH is 1. The average molecular weight is 567 g/mol. The molecule has 0 aromatic carbocycles. The fourth-order valence-corrected chi connectivity index (χ4v) is 4.16. The molecule has 16 nitrogen and oxygen atoms in total. The molecule has 1 aromatic rings. The van der Waals surface area contributed by atoms with Gasteiger partial charge >= 0.3 is 25.8 Å². The summed E-state index contributed by atoms with van der Waals surface area (Å²) >= 11 is 0. The normalized spacial score (nSPS) is 21.5. The molecule has 0 aliphatic carbocycles. The molecule has 0 spiro atoms. The molecule has 1 aliphatic rings. The molecule has 2 rings (SSSR count). The molecule has 3 N–H and O–H groups in total. The molecule has 3 atom stereocenters. The molecule has 0 saturated carbocycles. The average Bonchev–Trinajstić information content (AvgIpc) is 3.13. The minimum Gasteiger partial charge on any atom is -0.432 e. The van der Waals surface area contributed by atoms with Crippen molar-refractivity contribution >= 4 is 26.0 Å². The Bertz CT molecular complexity index is 1020. The largest absolute Gasteiger partial charge is 0.510 e. The van der Waals surface area contributed by atoms with Crippen LogP contribution in [0.2, 0.25) is 0 Å². The number of aliphatic hydroxyl groups is 1. The van der Waals surface area contributed by atoms with E-state index in [1.807, 2.05) is 0 Å². The number of hydrogen-bond donors (Lipinski definition) is 2. The second kappa shape index (κ2) is 13.9. The molecule has 1 fully saturated rings. The van der Waals surface area contributed by atoms with E-state index >= 15 is 0 Å². The fourth-order valence-electron chi connectivity index (χ4n) is 3.20. The molecule has 17 heteroatoms. The van der Waals surface area contributed by atoms with Crippen molar-refractivity contribution < 1.29 is 56.5 Å². The van der Waals surface area contributed by atoms with Gasteiger partial charge in [-0.3, -0.25) is 9.09 Å². The maximum Gasteiger partial charge on any atom is 0.510 e. The van der Waals surface area contributed by atoms with E-state index in [1.165, 1.54) is 12.3 Å². The van der Waals surface area contributed by atoms with E-state index in [1.54, 1.807) is 34.6 Å². The van der Waals surface area contributed by atoms with Crippen LogP contribution in [-0.2, 0) is 41.8 Å². The Morgan fingerprint density at radius 1 is 1.16 bits per heavy atom. The minimum absolute atomic E-state index is 0.0177. The summed E-state index contributed by atoms with van der Waals surface area (Å²) in [6.45, 7) is 5.66. The Kier molecular flexibility index (Phi) is 11.5. The lowest BCUT2D eigenvalue weighted by atomic mass is 9.95. The minimum atomic E-state index is -4.60. The highest BCUT2D eigenvalue weighted by Crippen LogP contribution is 2.51. The van der Waals surface area contributed by atoms with Gasteiger partial charge in [0.15, 0.2) is 0 Å². The number of nitrogens with zero attached hydrogens (tertiary/aromatic N) is 2. The van der Waals surface area contributed by atoms with Crippen molar-refractivity contribution in [1.29, 1.82) is 0 Å².